The van der Waals surface area contributed by atoms with Gasteiger partial charge in [0.1, 0.15) is 5.00 Å². The number of methoxy groups -OCH3 is 1. The lowest BCUT2D eigenvalue weighted by molar-refractivity contribution is -0.117. The summed E-state index contributed by atoms with van der Waals surface area (Å²) in [5.74, 6) is -0.647. The van der Waals surface area contributed by atoms with Crippen LogP contribution in [0, 0.1) is 0 Å². The van der Waals surface area contributed by atoms with Gasteiger partial charge >= 0.3 is 5.97 Å². The van der Waals surface area contributed by atoms with Crippen LogP contribution in [0.4, 0.5) is 5.00 Å². The predicted molar refractivity (Wildman–Crippen MR) is 132 cm³/mol. The number of hydrogen-bond acceptors (Lipinski definition) is 7. The van der Waals surface area contributed by atoms with Crippen LogP contribution in [0.15, 0.2) is 29.2 Å². The Bertz CT molecular complexity index is 1160. The van der Waals surface area contributed by atoms with Crippen LogP contribution >= 0.6 is 22.9 Å². The molecule has 0 spiro atoms. The van der Waals surface area contributed by atoms with E-state index >= 15 is 0 Å². The second-order valence-electron chi connectivity index (χ2n) is 8.44. The number of carbonyl (C=O) groups excluding carboxylic acids is 2. The van der Waals surface area contributed by atoms with E-state index in [9.17, 15) is 18.0 Å². The molecule has 1 N–H and O–H groups in total. The van der Waals surface area contributed by atoms with Crippen molar-refractivity contribution < 1.29 is 22.7 Å². The molecule has 2 aromatic rings. The number of fused-ring (bicyclic) bond motifs is 1. The minimum Gasteiger partial charge on any atom is -0.465 e. The summed E-state index contributed by atoms with van der Waals surface area (Å²) in [6.45, 7) is 1.58. The van der Waals surface area contributed by atoms with Crippen LogP contribution in [0.2, 0.25) is 5.02 Å². The molecular formula is C23H28ClN3O5S2. The quantitative estimate of drug-likeness (QED) is 0.458. The summed E-state index contributed by atoms with van der Waals surface area (Å²) in [4.78, 5) is 28.6. The van der Waals surface area contributed by atoms with Gasteiger partial charge in [-0.3, -0.25) is 9.69 Å². The number of esters is 1. The van der Waals surface area contributed by atoms with Gasteiger partial charge in [0, 0.05) is 36.1 Å². The fourth-order valence-electron chi connectivity index (χ4n) is 4.40. The van der Waals surface area contributed by atoms with Gasteiger partial charge in [-0.05, 0) is 55.5 Å². The molecule has 1 aliphatic carbocycles. The topological polar surface area (TPSA) is 96.0 Å². The number of hydrogen-bond donors (Lipinski definition) is 1. The number of thiophene rings is 1. The molecule has 4 rings (SSSR count). The highest BCUT2D eigenvalue weighted by atomic mass is 35.5. The summed E-state index contributed by atoms with van der Waals surface area (Å²) < 4.78 is 32.1. The van der Waals surface area contributed by atoms with Crippen molar-refractivity contribution in [2.24, 2.45) is 0 Å². The van der Waals surface area contributed by atoms with Crippen molar-refractivity contribution in [1.82, 2.24) is 9.21 Å². The zero-order valence-electron chi connectivity index (χ0n) is 19.0. The molecule has 34 heavy (non-hydrogen) atoms. The van der Waals surface area contributed by atoms with E-state index in [1.165, 1.54) is 34.9 Å². The maximum Gasteiger partial charge on any atom is 0.341 e. The van der Waals surface area contributed by atoms with Crippen LogP contribution in [-0.4, -0.2) is 69.3 Å². The minimum atomic E-state index is -3.60. The van der Waals surface area contributed by atoms with Crippen molar-refractivity contribution in [3.05, 3.63) is 45.3 Å². The maximum absolute atomic E-state index is 12.9. The maximum atomic E-state index is 12.9. The Hall–Kier alpha value is -1.98. The Morgan fingerprint density at radius 1 is 1.06 bits per heavy atom. The third-order valence-corrected chi connectivity index (χ3v) is 9.59. The van der Waals surface area contributed by atoms with Crippen molar-refractivity contribution in [1.29, 1.82) is 0 Å². The van der Waals surface area contributed by atoms with Crippen LogP contribution in [0.1, 0.15) is 40.1 Å². The average molecular weight is 526 g/mol. The Kier molecular flexibility index (Phi) is 7.94. The second-order valence-corrected chi connectivity index (χ2v) is 11.9. The lowest BCUT2D eigenvalue weighted by atomic mass is 10.1. The van der Waals surface area contributed by atoms with Crippen LogP contribution in [0.5, 0.6) is 0 Å². The minimum absolute atomic E-state index is 0.123. The highest BCUT2D eigenvalue weighted by Crippen LogP contribution is 2.38. The molecule has 184 valence electrons. The average Bonchev–Trinajstić information content (AvgIpc) is 2.99. The number of sulfonamides is 1. The molecule has 1 saturated heterocycles. The first kappa shape index (κ1) is 25.1. The molecule has 0 saturated carbocycles. The number of piperazine rings is 1. The van der Waals surface area contributed by atoms with Crippen LogP contribution in [0.3, 0.4) is 0 Å². The van der Waals surface area contributed by atoms with E-state index in [-0.39, 0.29) is 17.3 Å². The van der Waals surface area contributed by atoms with Crippen molar-refractivity contribution in [2.45, 2.75) is 37.0 Å². The SMILES string of the molecule is COC(=O)c1c(NC(=O)CN2CCN(S(=O)(=O)c3ccc(Cl)cc3)CC2)sc2c1CCCCC2. The number of nitrogens with one attached hydrogen (secondary N) is 1. The Morgan fingerprint density at radius 2 is 1.74 bits per heavy atom. The van der Waals surface area contributed by atoms with E-state index in [1.807, 2.05) is 4.90 Å². The largest absolute Gasteiger partial charge is 0.465 e. The molecule has 0 unspecified atom stereocenters. The van der Waals surface area contributed by atoms with E-state index in [0.29, 0.717) is 41.8 Å². The molecule has 1 fully saturated rings. The van der Waals surface area contributed by atoms with Gasteiger partial charge in [-0.25, -0.2) is 13.2 Å². The van der Waals surface area contributed by atoms with Crippen molar-refractivity contribution in [2.75, 3.05) is 45.2 Å². The molecule has 1 aliphatic heterocycles. The third-order valence-electron chi connectivity index (χ3n) is 6.21. The lowest BCUT2D eigenvalue weighted by Gasteiger charge is -2.33. The van der Waals surface area contributed by atoms with Gasteiger partial charge in [-0.1, -0.05) is 18.0 Å². The van der Waals surface area contributed by atoms with Crippen molar-refractivity contribution in [3.8, 4) is 0 Å². The van der Waals surface area contributed by atoms with Crippen LogP contribution in [0.25, 0.3) is 0 Å². The number of benzene rings is 1. The Morgan fingerprint density at radius 3 is 2.41 bits per heavy atom. The summed E-state index contributed by atoms with van der Waals surface area (Å²) in [6.07, 6.45) is 4.94. The molecule has 1 aromatic carbocycles. The standard InChI is InChI=1S/C23H28ClN3O5S2/c1-32-23(29)21-18-5-3-2-4-6-19(18)33-22(21)25-20(28)15-26-11-13-27(14-12-26)34(30,31)17-9-7-16(24)8-10-17/h7-10H,2-6,11-15H2,1H3,(H,25,28). The van der Waals surface area contributed by atoms with Gasteiger partial charge in [0.05, 0.1) is 24.1 Å². The van der Waals surface area contributed by atoms with Gasteiger partial charge in [-0.15, -0.1) is 11.3 Å². The molecule has 0 bridgehead atoms. The second kappa shape index (κ2) is 10.7. The molecule has 2 heterocycles. The summed E-state index contributed by atoms with van der Waals surface area (Å²) in [5.41, 5.74) is 1.49. The number of rotatable bonds is 6. The predicted octanol–water partition coefficient (Wildman–Crippen LogP) is 3.40. The molecule has 11 heteroatoms. The number of anilines is 1. The van der Waals surface area contributed by atoms with E-state index in [4.69, 9.17) is 16.3 Å². The summed E-state index contributed by atoms with van der Waals surface area (Å²) in [6, 6.07) is 6.11. The number of halogens is 1. The van der Waals surface area contributed by atoms with E-state index in [0.717, 1.165) is 42.5 Å². The van der Waals surface area contributed by atoms with Crippen molar-refractivity contribution >= 4 is 49.8 Å². The monoisotopic (exact) mass is 525 g/mol. The molecule has 8 nitrogen and oxygen atoms in total. The van der Waals surface area contributed by atoms with Gasteiger partial charge in [0.25, 0.3) is 0 Å². The first-order valence-electron chi connectivity index (χ1n) is 11.3. The molecule has 0 atom stereocenters. The fourth-order valence-corrected chi connectivity index (χ4v) is 7.24. The number of nitrogens with zero attached hydrogens (tertiary/aromatic N) is 2. The van der Waals surface area contributed by atoms with Gasteiger partial charge in [0.2, 0.25) is 15.9 Å². The van der Waals surface area contributed by atoms with Gasteiger partial charge in [0.15, 0.2) is 0 Å². The van der Waals surface area contributed by atoms with Gasteiger partial charge < -0.3 is 10.1 Å². The smallest absolute Gasteiger partial charge is 0.341 e. The molecule has 2 aliphatic rings. The Balaban J connectivity index is 1.38. The van der Waals surface area contributed by atoms with Crippen molar-refractivity contribution in [3.63, 3.8) is 0 Å². The van der Waals surface area contributed by atoms with Crippen LogP contribution < -0.4 is 5.32 Å². The number of aryl methyl sites for hydroxylation is 1. The normalized spacial score (nSPS) is 17.6. The number of carbonyl (C=O) groups is 2. The van der Waals surface area contributed by atoms with E-state index in [1.54, 1.807) is 12.1 Å². The van der Waals surface area contributed by atoms with E-state index in [2.05, 4.69) is 5.32 Å². The first-order valence-corrected chi connectivity index (χ1v) is 13.9. The fraction of sp³-hybridized carbons (Fsp3) is 0.478. The summed E-state index contributed by atoms with van der Waals surface area (Å²) in [5, 5.41) is 3.94. The highest BCUT2D eigenvalue weighted by molar-refractivity contribution is 7.89. The van der Waals surface area contributed by atoms with Crippen LogP contribution in [-0.2, 0) is 32.4 Å². The number of ether oxygens (including phenoxy) is 1. The van der Waals surface area contributed by atoms with E-state index < -0.39 is 16.0 Å². The molecule has 0 radical (unpaired) electrons. The Labute approximate surface area is 208 Å². The summed E-state index contributed by atoms with van der Waals surface area (Å²) >= 11 is 7.33. The number of amides is 1. The van der Waals surface area contributed by atoms with Gasteiger partial charge in [-0.2, -0.15) is 4.31 Å². The first-order chi connectivity index (χ1) is 16.3. The summed E-state index contributed by atoms with van der Waals surface area (Å²) in [7, 11) is -2.25. The third kappa shape index (κ3) is 5.46. The zero-order chi connectivity index (χ0) is 24.3. The zero-order valence-corrected chi connectivity index (χ0v) is 21.4. The highest BCUT2D eigenvalue weighted by Gasteiger charge is 2.30. The lowest BCUT2D eigenvalue weighted by Crippen LogP contribution is -2.50. The molecule has 1 amide bonds. The molecular weight excluding hydrogens is 498 g/mol. The molecule has 1 aromatic heterocycles.